The smallest absolute Gasteiger partial charge is 0.242 e. The van der Waals surface area contributed by atoms with Crippen molar-refractivity contribution in [1.82, 2.24) is 9.80 Å². The first-order chi connectivity index (χ1) is 10.6. The van der Waals surface area contributed by atoms with Crippen molar-refractivity contribution < 1.29 is 14.4 Å². The molecule has 4 aliphatic rings. The number of allylic oxidation sites excluding steroid dienone is 2. The minimum atomic E-state index is -0.199. The molecule has 0 aromatic carbocycles. The van der Waals surface area contributed by atoms with E-state index in [-0.39, 0.29) is 47.9 Å². The van der Waals surface area contributed by atoms with Gasteiger partial charge in [-0.3, -0.25) is 19.3 Å². The molecule has 118 valence electrons. The van der Waals surface area contributed by atoms with Crippen LogP contribution in [0.4, 0.5) is 0 Å². The Morgan fingerprint density at radius 3 is 2.41 bits per heavy atom. The second-order valence-electron chi connectivity index (χ2n) is 7.35. The molecule has 0 radical (unpaired) electrons. The summed E-state index contributed by atoms with van der Waals surface area (Å²) >= 11 is 0. The lowest BCUT2D eigenvalue weighted by atomic mass is 9.85. The van der Waals surface area contributed by atoms with Crippen molar-refractivity contribution >= 4 is 17.7 Å². The number of rotatable bonds is 2. The zero-order valence-corrected chi connectivity index (χ0v) is 12.9. The SMILES string of the molecule is C[C@@H]1CCCN(C(=O)CN2C(=O)[C@@H]3[C@@H](C2=O)[C@H]2C=C[C@@H]3C2)C1. The fourth-order valence-corrected chi connectivity index (χ4v) is 4.77. The van der Waals surface area contributed by atoms with Crippen LogP contribution in [0.25, 0.3) is 0 Å². The molecular weight excluding hydrogens is 280 g/mol. The van der Waals surface area contributed by atoms with Gasteiger partial charge >= 0.3 is 0 Å². The van der Waals surface area contributed by atoms with Crippen molar-refractivity contribution in [2.45, 2.75) is 26.2 Å². The van der Waals surface area contributed by atoms with Crippen LogP contribution in [0.1, 0.15) is 26.2 Å². The highest BCUT2D eigenvalue weighted by atomic mass is 16.2. The Balaban J connectivity index is 1.47. The second-order valence-corrected chi connectivity index (χ2v) is 7.35. The third-order valence-corrected chi connectivity index (χ3v) is 5.86. The van der Waals surface area contributed by atoms with Crippen LogP contribution in [0.2, 0.25) is 0 Å². The zero-order valence-electron chi connectivity index (χ0n) is 12.9. The first-order valence-electron chi connectivity index (χ1n) is 8.37. The van der Waals surface area contributed by atoms with E-state index in [4.69, 9.17) is 0 Å². The van der Waals surface area contributed by atoms with E-state index in [1.54, 1.807) is 0 Å². The Morgan fingerprint density at radius 1 is 1.18 bits per heavy atom. The lowest BCUT2D eigenvalue weighted by molar-refractivity contribution is -0.147. The van der Waals surface area contributed by atoms with Crippen molar-refractivity contribution in [3.8, 4) is 0 Å². The number of hydrogen-bond acceptors (Lipinski definition) is 3. The highest BCUT2D eigenvalue weighted by molar-refractivity contribution is 6.08. The van der Waals surface area contributed by atoms with Crippen LogP contribution in [0.15, 0.2) is 12.2 Å². The van der Waals surface area contributed by atoms with Gasteiger partial charge in [0.2, 0.25) is 17.7 Å². The number of carbonyl (C=O) groups excluding carboxylic acids is 3. The largest absolute Gasteiger partial charge is 0.341 e. The summed E-state index contributed by atoms with van der Waals surface area (Å²) in [5, 5.41) is 0. The molecule has 2 heterocycles. The van der Waals surface area contributed by atoms with E-state index >= 15 is 0 Å². The number of piperidine rings is 1. The lowest BCUT2D eigenvalue weighted by Crippen LogP contribution is -2.46. The summed E-state index contributed by atoms with van der Waals surface area (Å²) in [6.45, 7) is 3.57. The van der Waals surface area contributed by atoms with E-state index < -0.39 is 0 Å². The zero-order chi connectivity index (χ0) is 15.4. The fraction of sp³-hybridized carbons (Fsp3) is 0.706. The van der Waals surface area contributed by atoms with Crippen molar-refractivity contribution in [2.75, 3.05) is 19.6 Å². The molecule has 5 atom stereocenters. The average molecular weight is 302 g/mol. The molecule has 5 nitrogen and oxygen atoms in total. The van der Waals surface area contributed by atoms with Crippen molar-refractivity contribution in [3.05, 3.63) is 12.2 Å². The predicted molar refractivity (Wildman–Crippen MR) is 79.4 cm³/mol. The van der Waals surface area contributed by atoms with Crippen LogP contribution < -0.4 is 0 Å². The van der Waals surface area contributed by atoms with E-state index in [0.29, 0.717) is 5.92 Å². The summed E-state index contributed by atoms with van der Waals surface area (Å²) in [7, 11) is 0. The molecule has 3 fully saturated rings. The lowest BCUT2D eigenvalue weighted by Gasteiger charge is -2.32. The van der Waals surface area contributed by atoms with Gasteiger partial charge in [-0.15, -0.1) is 0 Å². The molecule has 0 N–H and O–H groups in total. The molecule has 0 aromatic rings. The van der Waals surface area contributed by atoms with E-state index in [1.807, 2.05) is 4.90 Å². The summed E-state index contributed by atoms with van der Waals surface area (Å²) in [5.74, 6) is 0.209. The Hall–Kier alpha value is -1.65. The topological polar surface area (TPSA) is 57.7 Å². The van der Waals surface area contributed by atoms with Crippen LogP contribution >= 0.6 is 0 Å². The highest BCUT2D eigenvalue weighted by Gasteiger charge is 2.59. The van der Waals surface area contributed by atoms with Gasteiger partial charge in [-0.1, -0.05) is 19.1 Å². The molecule has 1 saturated carbocycles. The summed E-state index contributed by atoms with van der Waals surface area (Å²) < 4.78 is 0. The van der Waals surface area contributed by atoms with Gasteiger partial charge in [0.05, 0.1) is 11.8 Å². The summed E-state index contributed by atoms with van der Waals surface area (Å²) in [5.41, 5.74) is 0. The first kappa shape index (κ1) is 14.0. The van der Waals surface area contributed by atoms with Crippen LogP contribution in [0.3, 0.4) is 0 Å². The molecule has 2 saturated heterocycles. The maximum Gasteiger partial charge on any atom is 0.242 e. The van der Waals surface area contributed by atoms with Gasteiger partial charge in [0.25, 0.3) is 0 Å². The molecule has 2 aliphatic carbocycles. The van der Waals surface area contributed by atoms with Crippen LogP contribution in [-0.4, -0.2) is 47.2 Å². The maximum absolute atomic E-state index is 12.6. The molecule has 0 aromatic heterocycles. The van der Waals surface area contributed by atoms with Gasteiger partial charge in [0.15, 0.2) is 0 Å². The van der Waals surface area contributed by atoms with Gasteiger partial charge in [-0.2, -0.15) is 0 Å². The highest BCUT2D eigenvalue weighted by Crippen LogP contribution is 2.52. The van der Waals surface area contributed by atoms with E-state index in [1.165, 1.54) is 4.90 Å². The quantitative estimate of drug-likeness (QED) is 0.566. The Morgan fingerprint density at radius 2 is 1.82 bits per heavy atom. The molecule has 2 aliphatic heterocycles. The van der Waals surface area contributed by atoms with Gasteiger partial charge in [-0.25, -0.2) is 0 Å². The third-order valence-electron chi connectivity index (χ3n) is 5.86. The Kier molecular flexibility index (Phi) is 3.13. The van der Waals surface area contributed by atoms with E-state index in [2.05, 4.69) is 19.1 Å². The number of nitrogens with zero attached hydrogens (tertiary/aromatic N) is 2. The maximum atomic E-state index is 12.6. The number of likely N-dealkylation sites (tertiary alicyclic amines) is 2. The second kappa shape index (κ2) is 4.93. The minimum Gasteiger partial charge on any atom is -0.341 e. The number of imide groups is 1. The van der Waals surface area contributed by atoms with Crippen LogP contribution in [0, 0.1) is 29.6 Å². The van der Waals surface area contributed by atoms with Gasteiger partial charge in [0.1, 0.15) is 6.54 Å². The molecule has 4 rings (SSSR count). The fourth-order valence-electron chi connectivity index (χ4n) is 4.77. The molecular formula is C17H22N2O3. The van der Waals surface area contributed by atoms with Crippen molar-refractivity contribution in [2.24, 2.45) is 29.6 Å². The predicted octanol–water partition coefficient (Wildman–Crippen LogP) is 1.05. The molecule has 0 unspecified atom stereocenters. The van der Waals surface area contributed by atoms with Gasteiger partial charge in [0, 0.05) is 13.1 Å². The molecule has 2 bridgehead atoms. The summed E-state index contributed by atoms with van der Waals surface area (Å²) in [4.78, 5) is 40.6. The Bertz CT molecular complexity index is 540. The van der Waals surface area contributed by atoms with Crippen molar-refractivity contribution in [3.63, 3.8) is 0 Å². The van der Waals surface area contributed by atoms with Gasteiger partial charge in [-0.05, 0) is 37.0 Å². The van der Waals surface area contributed by atoms with Crippen molar-refractivity contribution in [1.29, 1.82) is 0 Å². The Labute approximate surface area is 130 Å². The summed E-state index contributed by atoms with van der Waals surface area (Å²) in [6, 6.07) is 0. The molecule has 0 spiro atoms. The number of fused-ring (bicyclic) bond motifs is 5. The van der Waals surface area contributed by atoms with Crippen LogP contribution in [0.5, 0.6) is 0 Å². The molecule has 5 heteroatoms. The molecule has 22 heavy (non-hydrogen) atoms. The van der Waals surface area contributed by atoms with E-state index in [0.717, 1.165) is 32.4 Å². The monoisotopic (exact) mass is 302 g/mol. The number of carbonyl (C=O) groups is 3. The van der Waals surface area contributed by atoms with Crippen LogP contribution in [-0.2, 0) is 14.4 Å². The van der Waals surface area contributed by atoms with E-state index in [9.17, 15) is 14.4 Å². The van der Waals surface area contributed by atoms with Gasteiger partial charge < -0.3 is 4.90 Å². The molecule has 3 amide bonds. The normalized spacial score (nSPS) is 39.8. The third kappa shape index (κ3) is 1.94. The average Bonchev–Trinajstić information content (AvgIpc) is 3.17. The first-order valence-corrected chi connectivity index (χ1v) is 8.37. The standard InChI is InChI=1S/C17H22N2O3/c1-10-3-2-6-18(8-10)13(20)9-19-16(21)14-11-4-5-12(7-11)15(14)17(19)22/h4-5,10-12,14-15H,2-3,6-9H2,1H3/t10-,11-,12+,14+,15+/m1/s1. The summed E-state index contributed by atoms with van der Waals surface area (Å²) in [6.07, 6.45) is 7.24. The number of amides is 3. The number of hydrogen-bond donors (Lipinski definition) is 0. The minimum absolute atomic E-state index is 0.0587.